The summed E-state index contributed by atoms with van der Waals surface area (Å²) >= 11 is 0. The van der Waals surface area contributed by atoms with E-state index in [4.69, 9.17) is 14.2 Å². The van der Waals surface area contributed by atoms with Crippen LogP contribution in [0.15, 0.2) is 18.5 Å². The number of hydrogen-bond acceptors (Lipinski definition) is 6. The second-order valence-electron chi connectivity index (χ2n) is 10.0. The molecular weight excluding hydrogens is 394 g/mol. The lowest BCUT2D eigenvalue weighted by atomic mass is 9.93. The fraction of sp³-hybridized carbons (Fsp3) is 0.708. The quantitative estimate of drug-likeness (QED) is 0.699. The number of piperidine rings is 1. The maximum atomic E-state index is 12.6. The van der Waals surface area contributed by atoms with Gasteiger partial charge in [-0.15, -0.1) is 0 Å². The van der Waals surface area contributed by atoms with E-state index in [1.54, 1.807) is 18.5 Å². The van der Waals surface area contributed by atoms with Crippen LogP contribution in [0.3, 0.4) is 0 Å². The number of amides is 1. The van der Waals surface area contributed by atoms with Crippen molar-refractivity contribution in [1.82, 2.24) is 9.88 Å². The second-order valence-corrected chi connectivity index (χ2v) is 10.0. The third kappa shape index (κ3) is 5.30. The van der Waals surface area contributed by atoms with Gasteiger partial charge in [0, 0.05) is 24.5 Å². The summed E-state index contributed by atoms with van der Waals surface area (Å²) in [6.07, 6.45) is 11.2. The van der Waals surface area contributed by atoms with E-state index in [-0.39, 0.29) is 36.5 Å². The molecule has 0 radical (unpaired) electrons. The summed E-state index contributed by atoms with van der Waals surface area (Å²) in [5.74, 6) is 0.618. The summed E-state index contributed by atoms with van der Waals surface area (Å²) in [4.78, 5) is 18.6. The summed E-state index contributed by atoms with van der Waals surface area (Å²) < 4.78 is 18.2. The van der Waals surface area contributed by atoms with Crippen LogP contribution in [0.4, 0.5) is 4.79 Å². The molecule has 1 saturated carbocycles. The molecule has 3 fully saturated rings. The molecule has 0 unspecified atom stereocenters. The van der Waals surface area contributed by atoms with Crippen molar-refractivity contribution in [2.45, 2.75) is 108 Å². The Balaban J connectivity index is 1.25. The fourth-order valence-electron chi connectivity index (χ4n) is 5.16. The van der Waals surface area contributed by atoms with Crippen LogP contribution in [0.1, 0.15) is 77.7 Å². The molecule has 3 aliphatic rings. The Hall–Kier alpha value is -2.33. The molecule has 2 aliphatic heterocycles. The van der Waals surface area contributed by atoms with Crippen molar-refractivity contribution in [2.24, 2.45) is 0 Å². The molecule has 3 atom stereocenters. The van der Waals surface area contributed by atoms with Gasteiger partial charge in [-0.1, -0.05) is 0 Å². The summed E-state index contributed by atoms with van der Waals surface area (Å²) in [6.45, 7) is 5.75. The Bertz CT molecular complexity index is 809. The number of nitriles is 1. The first-order valence-corrected chi connectivity index (χ1v) is 11.5. The van der Waals surface area contributed by atoms with Crippen LogP contribution in [0.2, 0.25) is 0 Å². The van der Waals surface area contributed by atoms with Gasteiger partial charge in [0.2, 0.25) is 0 Å². The van der Waals surface area contributed by atoms with E-state index in [0.717, 1.165) is 51.4 Å². The molecule has 1 aromatic heterocycles. The summed E-state index contributed by atoms with van der Waals surface area (Å²) in [5, 5.41) is 9.21. The van der Waals surface area contributed by atoms with Crippen LogP contribution in [0.5, 0.6) is 5.75 Å². The Morgan fingerprint density at radius 3 is 2.32 bits per heavy atom. The average Bonchev–Trinajstić information content (AvgIpc) is 3.00. The molecule has 2 saturated heterocycles. The molecule has 4 rings (SSSR count). The number of ether oxygens (including phenoxy) is 3. The molecule has 1 aromatic rings. The summed E-state index contributed by atoms with van der Waals surface area (Å²) in [7, 11) is 0. The van der Waals surface area contributed by atoms with Crippen molar-refractivity contribution in [1.29, 1.82) is 5.26 Å². The third-order valence-electron chi connectivity index (χ3n) is 6.50. The fourth-order valence-corrected chi connectivity index (χ4v) is 5.16. The zero-order chi connectivity index (χ0) is 22.0. The van der Waals surface area contributed by atoms with Crippen LogP contribution < -0.4 is 4.74 Å². The van der Waals surface area contributed by atoms with Gasteiger partial charge in [0.25, 0.3) is 0 Å². The highest BCUT2D eigenvalue weighted by Gasteiger charge is 2.45. The number of fused-ring (bicyclic) bond motifs is 2. The number of rotatable bonds is 4. The Kier molecular flexibility index (Phi) is 6.38. The van der Waals surface area contributed by atoms with E-state index < -0.39 is 5.60 Å². The Morgan fingerprint density at radius 2 is 1.71 bits per heavy atom. The minimum absolute atomic E-state index is 0.111. The second kappa shape index (κ2) is 9.04. The molecule has 0 N–H and O–H groups in total. The van der Waals surface area contributed by atoms with Gasteiger partial charge in [-0.3, -0.25) is 4.98 Å². The van der Waals surface area contributed by atoms with Crippen LogP contribution in [-0.2, 0) is 9.47 Å². The van der Waals surface area contributed by atoms with E-state index in [9.17, 15) is 10.1 Å². The minimum Gasteiger partial charge on any atom is -0.489 e. The molecular formula is C24H33N3O4. The van der Waals surface area contributed by atoms with E-state index >= 15 is 0 Å². The zero-order valence-corrected chi connectivity index (χ0v) is 18.8. The molecule has 0 aromatic carbocycles. The minimum atomic E-state index is -0.463. The third-order valence-corrected chi connectivity index (χ3v) is 6.50. The van der Waals surface area contributed by atoms with Crippen LogP contribution in [-0.4, -0.2) is 52.0 Å². The molecule has 7 heteroatoms. The lowest BCUT2D eigenvalue weighted by Crippen LogP contribution is -2.50. The van der Waals surface area contributed by atoms with Crippen molar-refractivity contribution in [2.75, 3.05) is 0 Å². The van der Waals surface area contributed by atoms with E-state index in [1.165, 1.54) is 0 Å². The lowest BCUT2D eigenvalue weighted by Gasteiger charge is -2.41. The number of nitrogens with zero attached hydrogens (tertiary/aromatic N) is 3. The van der Waals surface area contributed by atoms with Crippen molar-refractivity contribution >= 4 is 6.09 Å². The first-order valence-electron chi connectivity index (χ1n) is 11.5. The van der Waals surface area contributed by atoms with Crippen LogP contribution in [0, 0.1) is 11.3 Å². The molecule has 31 heavy (non-hydrogen) atoms. The largest absolute Gasteiger partial charge is 0.489 e. The zero-order valence-electron chi connectivity index (χ0n) is 18.8. The molecule has 2 bridgehead atoms. The van der Waals surface area contributed by atoms with Crippen molar-refractivity contribution in [3.8, 4) is 11.8 Å². The van der Waals surface area contributed by atoms with Crippen molar-refractivity contribution in [3.63, 3.8) is 0 Å². The first-order chi connectivity index (χ1) is 14.8. The van der Waals surface area contributed by atoms with Gasteiger partial charge in [-0.2, -0.15) is 5.26 Å². The number of carbonyl (C=O) groups excluding carboxylic acids is 1. The highest BCUT2D eigenvalue weighted by molar-refractivity contribution is 5.69. The van der Waals surface area contributed by atoms with E-state index in [0.29, 0.717) is 11.3 Å². The predicted octanol–water partition coefficient (Wildman–Crippen LogP) is 4.59. The summed E-state index contributed by atoms with van der Waals surface area (Å²) in [6, 6.07) is 4.36. The molecule has 168 valence electrons. The van der Waals surface area contributed by atoms with Crippen LogP contribution in [0.25, 0.3) is 0 Å². The summed E-state index contributed by atoms with van der Waals surface area (Å²) in [5.41, 5.74) is 0.0163. The standard InChI is InChI=1S/C24H33N3O4/c1-24(2,3)31-23(28)27-17-4-5-18(27)13-21(12-17)29-19-6-8-20(9-7-19)30-22-10-11-26-15-16(22)14-25/h10-11,15,17-21H,4-9,12-13H2,1-3H3/t17-,18+,19-,20-,21-. The predicted molar refractivity (Wildman–Crippen MR) is 115 cm³/mol. The van der Waals surface area contributed by atoms with Gasteiger partial charge >= 0.3 is 6.09 Å². The van der Waals surface area contributed by atoms with Crippen molar-refractivity contribution < 1.29 is 19.0 Å². The normalized spacial score (nSPS) is 30.5. The number of hydrogen-bond donors (Lipinski definition) is 0. The Labute approximate surface area is 184 Å². The molecule has 0 spiro atoms. The molecule has 1 amide bonds. The Morgan fingerprint density at radius 1 is 1.06 bits per heavy atom. The van der Waals surface area contributed by atoms with Gasteiger partial charge in [0.15, 0.2) is 0 Å². The van der Waals surface area contributed by atoms with Gasteiger partial charge in [-0.05, 0) is 78.2 Å². The number of pyridine rings is 1. The van der Waals surface area contributed by atoms with Gasteiger partial charge < -0.3 is 19.1 Å². The van der Waals surface area contributed by atoms with E-state index in [2.05, 4.69) is 11.1 Å². The van der Waals surface area contributed by atoms with E-state index in [1.807, 2.05) is 25.7 Å². The van der Waals surface area contributed by atoms with Crippen LogP contribution >= 0.6 is 0 Å². The van der Waals surface area contributed by atoms with Gasteiger partial charge in [0.1, 0.15) is 23.0 Å². The SMILES string of the molecule is CC(C)(C)OC(=O)N1[C@@H]2CC[C@H]1C[C@H](O[C@H]1CC[C@H](Oc3ccncc3C#N)CC1)C2. The topological polar surface area (TPSA) is 84.7 Å². The van der Waals surface area contributed by atoms with Crippen molar-refractivity contribution in [3.05, 3.63) is 24.0 Å². The first kappa shape index (κ1) is 21.9. The monoisotopic (exact) mass is 427 g/mol. The smallest absolute Gasteiger partial charge is 0.410 e. The highest BCUT2D eigenvalue weighted by atomic mass is 16.6. The molecule has 1 aliphatic carbocycles. The number of carbonyl (C=O) groups is 1. The lowest BCUT2D eigenvalue weighted by molar-refractivity contribution is -0.0813. The number of aromatic nitrogens is 1. The van der Waals surface area contributed by atoms with Gasteiger partial charge in [0.05, 0.1) is 18.3 Å². The average molecular weight is 428 g/mol. The maximum absolute atomic E-state index is 12.6. The highest BCUT2D eigenvalue weighted by Crippen LogP contribution is 2.39. The maximum Gasteiger partial charge on any atom is 0.410 e. The van der Waals surface area contributed by atoms with Gasteiger partial charge in [-0.25, -0.2) is 4.79 Å². The molecule has 3 heterocycles. The molecule has 7 nitrogen and oxygen atoms in total.